The SMILES string of the molecule is CSc1ccsc1C(=O)NCC(O)COc1cccc(F)c1. The van der Waals surface area contributed by atoms with E-state index in [0.717, 1.165) is 4.90 Å². The second-order valence-corrected chi connectivity index (χ2v) is 6.21. The van der Waals surface area contributed by atoms with E-state index in [9.17, 15) is 14.3 Å². The minimum atomic E-state index is -0.870. The van der Waals surface area contributed by atoms with Crippen LogP contribution in [0.25, 0.3) is 0 Å². The van der Waals surface area contributed by atoms with Crippen molar-refractivity contribution in [1.82, 2.24) is 5.32 Å². The molecule has 0 radical (unpaired) electrons. The van der Waals surface area contributed by atoms with Crippen LogP contribution < -0.4 is 10.1 Å². The average molecular weight is 341 g/mol. The molecule has 0 aliphatic carbocycles. The predicted molar refractivity (Wildman–Crippen MR) is 86.3 cm³/mol. The molecule has 0 aliphatic heterocycles. The van der Waals surface area contributed by atoms with Crippen LogP contribution in [0.1, 0.15) is 9.67 Å². The number of carbonyl (C=O) groups is 1. The van der Waals surface area contributed by atoms with Gasteiger partial charge < -0.3 is 15.2 Å². The number of amides is 1. The van der Waals surface area contributed by atoms with Crippen LogP contribution in [0.5, 0.6) is 5.75 Å². The van der Waals surface area contributed by atoms with Crippen LogP contribution in [0.2, 0.25) is 0 Å². The van der Waals surface area contributed by atoms with E-state index in [1.807, 2.05) is 17.7 Å². The van der Waals surface area contributed by atoms with Crippen molar-refractivity contribution in [1.29, 1.82) is 0 Å². The standard InChI is InChI=1S/C15H16FNO3S2/c1-21-13-5-6-22-14(13)15(19)17-8-11(18)9-20-12-4-2-3-10(16)7-12/h2-7,11,18H,8-9H2,1H3,(H,17,19). The van der Waals surface area contributed by atoms with Crippen molar-refractivity contribution in [2.75, 3.05) is 19.4 Å². The number of thioether (sulfide) groups is 1. The first kappa shape index (κ1) is 16.8. The third kappa shape index (κ3) is 4.72. The summed E-state index contributed by atoms with van der Waals surface area (Å²) < 4.78 is 18.2. The van der Waals surface area contributed by atoms with Gasteiger partial charge in [-0.3, -0.25) is 4.79 Å². The number of nitrogens with one attached hydrogen (secondary N) is 1. The van der Waals surface area contributed by atoms with Gasteiger partial charge in [-0.1, -0.05) is 6.07 Å². The molecule has 0 fully saturated rings. The lowest BCUT2D eigenvalue weighted by atomic mass is 10.3. The summed E-state index contributed by atoms with van der Waals surface area (Å²) in [5, 5.41) is 14.3. The van der Waals surface area contributed by atoms with Crippen molar-refractivity contribution < 1.29 is 19.0 Å². The highest BCUT2D eigenvalue weighted by Gasteiger charge is 2.14. The first-order valence-electron chi connectivity index (χ1n) is 6.56. The Bertz CT molecular complexity index is 633. The maximum Gasteiger partial charge on any atom is 0.262 e. The van der Waals surface area contributed by atoms with Crippen LogP contribution in [0.15, 0.2) is 40.6 Å². The van der Waals surface area contributed by atoms with E-state index in [2.05, 4.69) is 5.32 Å². The monoisotopic (exact) mass is 341 g/mol. The van der Waals surface area contributed by atoms with Gasteiger partial charge in [0.1, 0.15) is 29.2 Å². The summed E-state index contributed by atoms with van der Waals surface area (Å²) in [6.45, 7) is 0.0451. The molecule has 1 amide bonds. The Hall–Kier alpha value is -1.57. The Labute approximate surface area is 136 Å². The molecule has 118 valence electrons. The van der Waals surface area contributed by atoms with Gasteiger partial charge in [0.2, 0.25) is 0 Å². The lowest BCUT2D eigenvalue weighted by Crippen LogP contribution is -2.35. The zero-order valence-corrected chi connectivity index (χ0v) is 13.5. The van der Waals surface area contributed by atoms with Gasteiger partial charge in [0, 0.05) is 17.5 Å². The van der Waals surface area contributed by atoms with Gasteiger partial charge in [-0.05, 0) is 29.8 Å². The van der Waals surface area contributed by atoms with Crippen LogP contribution in [0.3, 0.4) is 0 Å². The molecular weight excluding hydrogens is 325 g/mol. The lowest BCUT2D eigenvalue weighted by molar-refractivity contribution is 0.0844. The molecule has 1 heterocycles. The first-order valence-corrected chi connectivity index (χ1v) is 8.66. The Balaban J connectivity index is 1.78. The van der Waals surface area contributed by atoms with Crippen LogP contribution >= 0.6 is 23.1 Å². The zero-order chi connectivity index (χ0) is 15.9. The molecule has 2 N–H and O–H groups in total. The highest BCUT2D eigenvalue weighted by atomic mass is 32.2. The number of thiophene rings is 1. The summed E-state index contributed by atoms with van der Waals surface area (Å²) >= 11 is 2.86. The smallest absolute Gasteiger partial charge is 0.262 e. The summed E-state index contributed by atoms with van der Waals surface area (Å²) in [6.07, 6.45) is 1.03. The fourth-order valence-electron chi connectivity index (χ4n) is 1.72. The fourth-order valence-corrected chi connectivity index (χ4v) is 3.39. The highest BCUT2D eigenvalue weighted by molar-refractivity contribution is 7.98. The van der Waals surface area contributed by atoms with E-state index in [4.69, 9.17) is 4.74 Å². The molecule has 0 spiro atoms. The quantitative estimate of drug-likeness (QED) is 0.761. The average Bonchev–Trinajstić information content (AvgIpc) is 2.99. The Morgan fingerprint density at radius 3 is 3.05 bits per heavy atom. The van der Waals surface area contributed by atoms with E-state index >= 15 is 0 Å². The molecule has 1 atom stereocenters. The van der Waals surface area contributed by atoms with E-state index in [0.29, 0.717) is 10.6 Å². The Morgan fingerprint density at radius 1 is 1.50 bits per heavy atom. The summed E-state index contributed by atoms with van der Waals surface area (Å²) in [5.74, 6) is -0.278. The molecule has 1 unspecified atom stereocenters. The number of halogens is 1. The molecule has 0 saturated carbocycles. The van der Waals surface area contributed by atoms with Crippen molar-refractivity contribution in [3.8, 4) is 5.75 Å². The second kappa shape index (κ2) is 8.17. The van der Waals surface area contributed by atoms with Gasteiger partial charge in [0.05, 0.1) is 0 Å². The molecule has 0 aliphatic rings. The molecule has 2 aromatic rings. The van der Waals surface area contributed by atoms with Gasteiger partial charge in [0.15, 0.2) is 0 Å². The van der Waals surface area contributed by atoms with E-state index in [1.165, 1.54) is 41.3 Å². The molecule has 0 saturated heterocycles. The number of carbonyl (C=O) groups excluding carboxylic acids is 1. The summed E-state index contributed by atoms with van der Waals surface area (Å²) in [7, 11) is 0. The first-order chi connectivity index (χ1) is 10.6. The lowest BCUT2D eigenvalue weighted by Gasteiger charge is -2.13. The maximum atomic E-state index is 13.0. The maximum absolute atomic E-state index is 13.0. The topological polar surface area (TPSA) is 58.6 Å². The minimum absolute atomic E-state index is 0.0242. The van der Waals surface area contributed by atoms with Crippen LogP contribution in [-0.2, 0) is 0 Å². The summed E-state index contributed by atoms with van der Waals surface area (Å²) in [5.41, 5.74) is 0. The number of aliphatic hydroxyl groups is 1. The highest BCUT2D eigenvalue weighted by Crippen LogP contribution is 2.25. The molecule has 7 heteroatoms. The summed E-state index contributed by atoms with van der Waals surface area (Å²) in [4.78, 5) is 13.5. The molecule has 22 heavy (non-hydrogen) atoms. The molecule has 4 nitrogen and oxygen atoms in total. The van der Waals surface area contributed by atoms with Gasteiger partial charge in [-0.2, -0.15) is 0 Å². The Morgan fingerprint density at radius 2 is 2.32 bits per heavy atom. The van der Waals surface area contributed by atoms with Gasteiger partial charge in [-0.25, -0.2) is 4.39 Å². The van der Waals surface area contributed by atoms with Crippen molar-refractivity contribution in [3.63, 3.8) is 0 Å². The van der Waals surface area contributed by atoms with Gasteiger partial charge >= 0.3 is 0 Å². The number of hydrogen-bond donors (Lipinski definition) is 2. The number of aliphatic hydroxyl groups excluding tert-OH is 1. The van der Waals surface area contributed by atoms with E-state index in [-0.39, 0.29) is 19.1 Å². The molecule has 1 aromatic carbocycles. The molecule has 1 aromatic heterocycles. The number of ether oxygens (including phenoxy) is 1. The molecular formula is C15H16FNO3S2. The van der Waals surface area contributed by atoms with Crippen molar-refractivity contribution >= 4 is 29.0 Å². The van der Waals surface area contributed by atoms with Crippen molar-refractivity contribution in [3.05, 3.63) is 46.4 Å². The van der Waals surface area contributed by atoms with Crippen molar-refractivity contribution in [2.45, 2.75) is 11.0 Å². The largest absolute Gasteiger partial charge is 0.491 e. The number of benzene rings is 1. The second-order valence-electron chi connectivity index (χ2n) is 4.45. The fraction of sp³-hybridized carbons (Fsp3) is 0.267. The minimum Gasteiger partial charge on any atom is -0.491 e. The van der Waals surface area contributed by atoms with Crippen LogP contribution in [-0.4, -0.2) is 36.5 Å². The summed E-state index contributed by atoms with van der Waals surface area (Å²) in [6, 6.07) is 7.56. The van der Waals surface area contributed by atoms with Gasteiger partial charge in [0.25, 0.3) is 5.91 Å². The Kier molecular flexibility index (Phi) is 6.23. The van der Waals surface area contributed by atoms with E-state index < -0.39 is 11.9 Å². The third-order valence-corrected chi connectivity index (χ3v) is 4.61. The molecule has 0 bridgehead atoms. The van der Waals surface area contributed by atoms with E-state index in [1.54, 1.807) is 6.07 Å². The molecule has 2 rings (SSSR count). The van der Waals surface area contributed by atoms with Crippen LogP contribution in [0, 0.1) is 5.82 Å². The van der Waals surface area contributed by atoms with Crippen LogP contribution in [0.4, 0.5) is 4.39 Å². The number of hydrogen-bond acceptors (Lipinski definition) is 5. The van der Waals surface area contributed by atoms with Crippen molar-refractivity contribution in [2.24, 2.45) is 0 Å². The van der Waals surface area contributed by atoms with Gasteiger partial charge in [-0.15, -0.1) is 23.1 Å². The third-order valence-electron chi connectivity index (χ3n) is 2.79. The predicted octanol–water partition coefficient (Wildman–Crippen LogP) is 2.78. The zero-order valence-electron chi connectivity index (χ0n) is 11.9. The normalized spacial score (nSPS) is 12.0. The number of rotatable bonds is 7.